The molecule has 0 spiro atoms. The lowest BCUT2D eigenvalue weighted by Crippen LogP contribution is -2.30. The van der Waals surface area contributed by atoms with Gasteiger partial charge in [-0.2, -0.15) is 0 Å². The first kappa shape index (κ1) is 11.4. The Hall–Kier alpha value is -1.71. The highest BCUT2D eigenvalue weighted by Crippen LogP contribution is 2.34. The zero-order valence-corrected chi connectivity index (χ0v) is 10.7. The van der Waals surface area contributed by atoms with Gasteiger partial charge < -0.3 is 14.4 Å². The van der Waals surface area contributed by atoms with Gasteiger partial charge in [0.1, 0.15) is 0 Å². The summed E-state index contributed by atoms with van der Waals surface area (Å²) in [6.07, 6.45) is 1.06. The van der Waals surface area contributed by atoms with Gasteiger partial charge in [0.15, 0.2) is 11.5 Å². The molecule has 0 atom stereocenters. The third-order valence-corrected chi connectivity index (χ3v) is 3.58. The van der Waals surface area contributed by atoms with E-state index >= 15 is 0 Å². The highest BCUT2D eigenvalue weighted by molar-refractivity contribution is 5.95. The van der Waals surface area contributed by atoms with Crippen molar-refractivity contribution in [1.29, 1.82) is 0 Å². The molecule has 2 aliphatic rings. The minimum Gasteiger partial charge on any atom is -0.454 e. The molecular weight excluding hydrogens is 230 g/mol. The number of likely N-dealkylation sites (tertiary alicyclic amines) is 1. The van der Waals surface area contributed by atoms with Crippen molar-refractivity contribution in [2.24, 2.45) is 5.41 Å². The van der Waals surface area contributed by atoms with Crippen LogP contribution in [0.15, 0.2) is 18.2 Å². The molecule has 1 amide bonds. The summed E-state index contributed by atoms with van der Waals surface area (Å²) in [6.45, 7) is 6.28. The number of fused-ring (bicyclic) bond motifs is 1. The van der Waals surface area contributed by atoms with Gasteiger partial charge in [0.05, 0.1) is 0 Å². The van der Waals surface area contributed by atoms with Crippen LogP contribution in [-0.2, 0) is 0 Å². The Balaban J connectivity index is 1.81. The molecule has 0 aromatic heterocycles. The molecule has 0 aliphatic carbocycles. The number of nitrogens with zero attached hydrogens (tertiary/aromatic N) is 1. The number of ether oxygens (including phenoxy) is 2. The van der Waals surface area contributed by atoms with Crippen molar-refractivity contribution >= 4 is 5.91 Å². The Labute approximate surface area is 106 Å². The van der Waals surface area contributed by atoms with Crippen molar-refractivity contribution in [1.82, 2.24) is 4.90 Å². The third-order valence-electron chi connectivity index (χ3n) is 3.58. The molecule has 0 N–H and O–H groups in total. The molecule has 1 fully saturated rings. The van der Waals surface area contributed by atoms with Crippen LogP contribution in [-0.4, -0.2) is 30.7 Å². The third kappa shape index (κ3) is 1.92. The highest BCUT2D eigenvalue weighted by atomic mass is 16.7. The van der Waals surface area contributed by atoms with E-state index in [1.807, 2.05) is 4.90 Å². The maximum Gasteiger partial charge on any atom is 0.254 e. The standard InChI is InChI=1S/C14H17NO3/c1-14(2)5-6-15(8-14)13(16)10-3-4-11-12(7-10)18-9-17-11/h3-4,7H,5-6,8-9H2,1-2H3. The van der Waals surface area contributed by atoms with Crippen LogP contribution in [0.2, 0.25) is 0 Å². The van der Waals surface area contributed by atoms with Gasteiger partial charge in [-0.3, -0.25) is 4.79 Å². The molecule has 0 radical (unpaired) electrons. The van der Waals surface area contributed by atoms with Crippen molar-refractivity contribution in [3.05, 3.63) is 23.8 Å². The summed E-state index contributed by atoms with van der Waals surface area (Å²) < 4.78 is 10.5. The molecule has 18 heavy (non-hydrogen) atoms. The number of carbonyl (C=O) groups excluding carboxylic acids is 1. The van der Waals surface area contributed by atoms with Crippen LogP contribution in [0.4, 0.5) is 0 Å². The first-order valence-electron chi connectivity index (χ1n) is 6.24. The number of benzene rings is 1. The van der Waals surface area contributed by atoms with Gasteiger partial charge in [0, 0.05) is 18.7 Å². The number of hydrogen-bond donors (Lipinski definition) is 0. The van der Waals surface area contributed by atoms with Gasteiger partial charge in [0.25, 0.3) is 5.91 Å². The molecule has 0 unspecified atom stereocenters. The summed E-state index contributed by atoms with van der Waals surface area (Å²) >= 11 is 0. The number of rotatable bonds is 1. The Kier molecular flexibility index (Phi) is 2.47. The molecule has 2 heterocycles. The van der Waals surface area contributed by atoms with Gasteiger partial charge in [-0.1, -0.05) is 13.8 Å². The quantitative estimate of drug-likeness (QED) is 0.764. The van der Waals surface area contributed by atoms with Crippen LogP contribution in [0, 0.1) is 5.41 Å². The van der Waals surface area contributed by atoms with Crippen LogP contribution in [0.5, 0.6) is 11.5 Å². The molecule has 0 bridgehead atoms. The molecule has 1 aromatic carbocycles. The molecule has 4 nitrogen and oxygen atoms in total. The summed E-state index contributed by atoms with van der Waals surface area (Å²) in [4.78, 5) is 14.3. The monoisotopic (exact) mass is 247 g/mol. The number of amides is 1. The second-order valence-electron chi connectivity index (χ2n) is 5.71. The van der Waals surface area contributed by atoms with Gasteiger partial charge in [0.2, 0.25) is 6.79 Å². The van der Waals surface area contributed by atoms with Crippen molar-refractivity contribution in [2.75, 3.05) is 19.9 Å². The van der Waals surface area contributed by atoms with E-state index in [9.17, 15) is 4.79 Å². The number of hydrogen-bond acceptors (Lipinski definition) is 3. The minimum absolute atomic E-state index is 0.0823. The van der Waals surface area contributed by atoms with E-state index in [1.165, 1.54) is 0 Å². The Morgan fingerprint density at radius 2 is 2.06 bits per heavy atom. The van der Waals surface area contributed by atoms with Crippen LogP contribution in [0.3, 0.4) is 0 Å². The molecule has 1 aromatic rings. The summed E-state index contributed by atoms with van der Waals surface area (Å²) in [5, 5.41) is 0. The normalized spacial score (nSPS) is 20.2. The Morgan fingerprint density at radius 1 is 1.28 bits per heavy atom. The fraction of sp³-hybridized carbons (Fsp3) is 0.500. The molecule has 3 rings (SSSR count). The predicted molar refractivity (Wildman–Crippen MR) is 66.9 cm³/mol. The van der Waals surface area contributed by atoms with Crippen molar-refractivity contribution in [3.8, 4) is 11.5 Å². The maximum atomic E-state index is 12.4. The lowest BCUT2D eigenvalue weighted by Gasteiger charge is -2.19. The van der Waals surface area contributed by atoms with E-state index in [1.54, 1.807) is 18.2 Å². The van der Waals surface area contributed by atoms with Gasteiger partial charge >= 0.3 is 0 Å². The fourth-order valence-corrected chi connectivity index (χ4v) is 2.50. The average Bonchev–Trinajstić information content (AvgIpc) is 2.93. The van der Waals surface area contributed by atoms with E-state index in [4.69, 9.17) is 9.47 Å². The minimum atomic E-state index is 0.0823. The topological polar surface area (TPSA) is 38.8 Å². The highest BCUT2D eigenvalue weighted by Gasteiger charge is 2.32. The fourth-order valence-electron chi connectivity index (χ4n) is 2.50. The van der Waals surface area contributed by atoms with E-state index in [0.717, 1.165) is 19.5 Å². The SMILES string of the molecule is CC1(C)CCN(C(=O)c2ccc3c(c2)OCO3)C1. The summed E-state index contributed by atoms with van der Waals surface area (Å²) in [5.41, 5.74) is 0.906. The summed E-state index contributed by atoms with van der Waals surface area (Å²) in [6, 6.07) is 5.38. The van der Waals surface area contributed by atoms with Gasteiger partial charge in [-0.05, 0) is 30.0 Å². The van der Waals surface area contributed by atoms with Crippen LogP contribution < -0.4 is 9.47 Å². The second-order valence-corrected chi connectivity index (χ2v) is 5.71. The van der Waals surface area contributed by atoms with Crippen LogP contribution in [0.25, 0.3) is 0 Å². The zero-order chi connectivity index (χ0) is 12.8. The molecular formula is C14H17NO3. The predicted octanol–water partition coefficient (Wildman–Crippen LogP) is 2.29. The van der Waals surface area contributed by atoms with E-state index in [0.29, 0.717) is 17.1 Å². The summed E-state index contributed by atoms with van der Waals surface area (Å²) in [7, 11) is 0. The first-order valence-corrected chi connectivity index (χ1v) is 6.24. The van der Waals surface area contributed by atoms with Crippen molar-refractivity contribution in [2.45, 2.75) is 20.3 Å². The average molecular weight is 247 g/mol. The second kappa shape index (κ2) is 3.90. The zero-order valence-electron chi connectivity index (χ0n) is 10.7. The van der Waals surface area contributed by atoms with Gasteiger partial charge in [-0.15, -0.1) is 0 Å². The maximum absolute atomic E-state index is 12.4. The lowest BCUT2D eigenvalue weighted by atomic mass is 9.93. The molecule has 2 aliphatic heterocycles. The molecule has 1 saturated heterocycles. The summed E-state index contributed by atoms with van der Waals surface area (Å²) in [5.74, 6) is 1.46. The Bertz CT molecular complexity index is 496. The molecule has 4 heteroatoms. The van der Waals surface area contributed by atoms with Gasteiger partial charge in [-0.25, -0.2) is 0 Å². The first-order chi connectivity index (χ1) is 8.55. The van der Waals surface area contributed by atoms with Crippen LogP contribution >= 0.6 is 0 Å². The largest absolute Gasteiger partial charge is 0.454 e. The molecule has 0 saturated carbocycles. The van der Waals surface area contributed by atoms with Crippen molar-refractivity contribution in [3.63, 3.8) is 0 Å². The Morgan fingerprint density at radius 3 is 2.78 bits per heavy atom. The van der Waals surface area contributed by atoms with E-state index in [-0.39, 0.29) is 18.1 Å². The van der Waals surface area contributed by atoms with Crippen LogP contribution in [0.1, 0.15) is 30.6 Å². The number of carbonyl (C=O) groups is 1. The lowest BCUT2D eigenvalue weighted by molar-refractivity contribution is 0.0778. The smallest absolute Gasteiger partial charge is 0.254 e. The van der Waals surface area contributed by atoms with Crippen molar-refractivity contribution < 1.29 is 14.3 Å². The van der Waals surface area contributed by atoms with E-state index < -0.39 is 0 Å². The molecule has 96 valence electrons. The van der Waals surface area contributed by atoms with E-state index in [2.05, 4.69) is 13.8 Å².